The lowest BCUT2D eigenvalue weighted by atomic mass is 10.1. The molecule has 1 saturated heterocycles. The maximum atomic E-state index is 12.6. The van der Waals surface area contributed by atoms with Crippen LogP contribution in [0, 0.1) is 0 Å². The maximum Gasteiger partial charge on any atom is 0.227 e. The molecule has 0 aliphatic carbocycles. The van der Waals surface area contributed by atoms with E-state index in [0.717, 1.165) is 59.8 Å². The van der Waals surface area contributed by atoms with Gasteiger partial charge in [0, 0.05) is 42.8 Å². The average Bonchev–Trinajstić information content (AvgIpc) is 2.69. The Labute approximate surface area is 169 Å². The van der Waals surface area contributed by atoms with E-state index in [1.165, 1.54) is 0 Å². The number of carbonyl (C=O) groups excluding carboxylic acids is 1. The quantitative estimate of drug-likeness (QED) is 0.701. The van der Waals surface area contributed by atoms with Gasteiger partial charge in [-0.3, -0.25) is 9.69 Å². The Bertz CT molecular complexity index is 789. The highest BCUT2D eigenvalue weighted by Gasteiger charge is 2.22. The van der Waals surface area contributed by atoms with E-state index in [1.54, 1.807) is 14.2 Å². The predicted molar refractivity (Wildman–Crippen MR) is 109 cm³/mol. The summed E-state index contributed by atoms with van der Waals surface area (Å²) in [5, 5.41) is 0. The largest absolute Gasteiger partial charge is 0.497 e. The van der Waals surface area contributed by atoms with E-state index in [-0.39, 0.29) is 5.91 Å². The number of amides is 1. The fourth-order valence-corrected chi connectivity index (χ4v) is 3.74. The molecule has 0 bridgehead atoms. The fourth-order valence-electron chi connectivity index (χ4n) is 3.34. The standard InChI is InChI=1S/C21H25BrN2O3/c1-26-19-5-3-4-16(12-19)13-21(25)24-10-8-23(9-11-24)15-17-14-18(22)6-7-20(17)27-2/h3-7,12,14H,8-11,13,15H2,1-2H3. The predicted octanol–water partition coefficient (Wildman–Crippen LogP) is 3.35. The van der Waals surface area contributed by atoms with Crippen LogP contribution in [0.3, 0.4) is 0 Å². The van der Waals surface area contributed by atoms with Gasteiger partial charge in [-0.25, -0.2) is 0 Å². The van der Waals surface area contributed by atoms with Crippen molar-refractivity contribution in [1.29, 1.82) is 0 Å². The number of piperazine rings is 1. The summed E-state index contributed by atoms with van der Waals surface area (Å²) in [4.78, 5) is 16.9. The van der Waals surface area contributed by atoms with Gasteiger partial charge in [0.25, 0.3) is 0 Å². The lowest BCUT2D eigenvalue weighted by Crippen LogP contribution is -2.48. The number of rotatable bonds is 6. The summed E-state index contributed by atoms with van der Waals surface area (Å²) >= 11 is 3.52. The normalized spacial score (nSPS) is 14.9. The van der Waals surface area contributed by atoms with E-state index in [1.807, 2.05) is 41.3 Å². The van der Waals surface area contributed by atoms with Crippen LogP contribution in [-0.4, -0.2) is 56.1 Å². The van der Waals surface area contributed by atoms with Gasteiger partial charge in [-0.2, -0.15) is 0 Å². The van der Waals surface area contributed by atoms with Gasteiger partial charge in [-0.05, 0) is 35.9 Å². The fraction of sp³-hybridized carbons (Fsp3) is 0.381. The lowest BCUT2D eigenvalue weighted by Gasteiger charge is -2.35. The lowest BCUT2D eigenvalue weighted by molar-refractivity contribution is -0.132. The number of nitrogens with zero attached hydrogens (tertiary/aromatic N) is 2. The van der Waals surface area contributed by atoms with Crippen molar-refractivity contribution in [3.05, 3.63) is 58.1 Å². The third-order valence-electron chi connectivity index (χ3n) is 4.85. The summed E-state index contributed by atoms with van der Waals surface area (Å²) in [5.74, 6) is 1.85. The number of carbonyl (C=O) groups is 1. The van der Waals surface area contributed by atoms with Crippen LogP contribution in [0.2, 0.25) is 0 Å². The number of ether oxygens (including phenoxy) is 2. The first-order valence-electron chi connectivity index (χ1n) is 9.04. The van der Waals surface area contributed by atoms with Crippen molar-refractivity contribution >= 4 is 21.8 Å². The third-order valence-corrected chi connectivity index (χ3v) is 5.34. The van der Waals surface area contributed by atoms with Crippen LogP contribution in [0.5, 0.6) is 11.5 Å². The Morgan fingerprint density at radius 3 is 2.52 bits per heavy atom. The first kappa shape index (κ1) is 19.7. The second-order valence-corrected chi connectivity index (χ2v) is 7.56. The molecule has 1 aliphatic heterocycles. The Balaban J connectivity index is 1.54. The summed E-state index contributed by atoms with van der Waals surface area (Å²) in [7, 11) is 3.34. The zero-order valence-electron chi connectivity index (χ0n) is 15.8. The summed E-state index contributed by atoms with van der Waals surface area (Å²) < 4.78 is 11.7. The van der Waals surface area contributed by atoms with Gasteiger partial charge in [-0.1, -0.05) is 28.1 Å². The van der Waals surface area contributed by atoms with Gasteiger partial charge in [0.15, 0.2) is 0 Å². The molecular formula is C21H25BrN2O3. The number of methoxy groups -OCH3 is 2. The SMILES string of the molecule is COc1cccc(CC(=O)N2CCN(Cc3cc(Br)ccc3OC)CC2)c1. The van der Waals surface area contributed by atoms with E-state index in [9.17, 15) is 4.79 Å². The van der Waals surface area contributed by atoms with Crippen LogP contribution in [0.1, 0.15) is 11.1 Å². The molecular weight excluding hydrogens is 408 g/mol. The zero-order valence-corrected chi connectivity index (χ0v) is 17.4. The Kier molecular flexibility index (Phi) is 6.74. The zero-order chi connectivity index (χ0) is 19.2. The Hall–Kier alpha value is -2.05. The molecule has 0 radical (unpaired) electrons. The molecule has 1 amide bonds. The van der Waals surface area contributed by atoms with Crippen LogP contribution in [0.15, 0.2) is 46.9 Å². The number of halogens is 1. The van der Waals surface area contributed by atoms with Crippen LogP contribution in [0.4, 0.5) is 0 Å². The van der Waals surface area contributed by atoms with Gasteiger partial charge in [0.2, 0.25) is 5.91 Å². The maximum absolute atomic E-state index is 12.6. The minimum atomic E-state index is 0.169. The molecule has 0 atom stereocenters. The molecule has 1 aliphatic rings. The number of hydrogen-bond acceptors (Lipinski definition) is 4. The average molecular weight is 433 g/mol. The Morgan fingerprint density at radius 1 is 1.04 bits per heavy atom. The highest BCUT2D eigenvalue weighted by Crippen LogP contribution is 2.25. The van der Waals surface area contributed by atoms with Gasteiger partial charge in [0.05, 0.1) is 20.6 Å². The molecule has 1 fully saturated rings. The molecule has 0 aromatic heterocycles. The smallest absolute Gasteiger partial charge is 0.227 e. The molecule has 1 heterocycles. The van der Waals surface area contributed by atoms with E-state index in [2.05, 4.69) is 26.9 Å². The molecule has 2 aromatic rings. The van der Waals surface area contributed by atoms with Crippen molar-refractivity contribution in [2.45, 2.75) is 13.0 Å². The Morgan fingerprint density at radius 2 is 1.81 bits per heavy atom. The molecule has 144 valence electrons. The summed E-state index contributed by atoms with van der Waals surface area (Å²) in [5.41, 5.74) is 2.14. The van der Waals surface area contributed by atoms with Crippen LogP contribution in [0.25, 0.3) is 0 Å². The molecule has 5 nitrogen and oxygen atoms in total. The minimum Gasteiger partial charge on any atom is -0.497 e. The molecule has 6 heteroatoms. The molecule has 0 saturated carbocycles. The number of benzene rings is 2. The van der Waals surface area contributed by atoms with Crippen molar-refractivity contribution in [1.82, 2.24) is 9.80 Å². The van der Waals surface area contributed by atoms with Crippen LogP contribution < -0.4 is 9.47 Å². The van der Waals surface area contributed by atoms with Crippen LogP contribution in [-0.2, 0) is 17.8 Å². The van der Waals surface area contributed by atoms with Crippen molar-refractivity contribution < 1.29 is 14.3 Å². The van der Waals surface area contributed by atoms with Crippen molar-refractivity contribution in [3.8, 4) is 11.5 Å². The first-order valence-corrected chi connectivity index (χ1v) is 9.84. The summed E-state index contributed by atoms with van der Waals surface area (Å²) in [6.07, 6.45) is 0.413. The molecule has 0 N–H and O–H groups in total. The van der Waals surface area contributed by atoms with Crippen molar-refractivity contribution in [3.63, 3.8) is 0 Å². The second kappa shape index (κ2) is 9.24. The first-order chi connectivity index (χ1) is 13.1. The third kappa shape index (κ3) is 5.23. The van der Waals surface area contributed by atoms with Crippen LogP contribution >= 0.6 is 15.9 Å². The molecule has 0 unspecified atom stereocenters. The van der Waals surface area contributed by atoms with Crippen molar-refractivity contribution in [2.75, 3.05) is 40.4 Å². The van der Waals surface area contributed by atoms with Gasteiger partial charge in [-0.15, -0.1) is 0 Å². The molecule has 0 spiro atoms. The summed E-state index contributed by atoms with van der Waals surface area (Å²) in [6, 6.07) is 13.8. The monoisotopic (exact) mass is 432 g/mol. The van der Waals surface area contributed by atoms with Gasteiger partial charge in [0.1, 0.15) is 11.5 Å². The second-order valence-electron chi connectivity index (χ2n) is 6.64. The number of hydrogen-bond donors (Lipinski definition) is 0. The highest BCUT2D eigenvalue weighted by molar-refractivity contribution is 9.10. The van der Waals surface area contributed by atoms with Crippen molar-refractivity contribution in [2.24, 2.45) is 0 Å². The highest BCUT2D eigenvalue weighted by atomic mass is 79.9. The van der Waals surface area contributed by atoms with Gasteiger partial charge >= 0.3 is 0 Å². The van der Waals surface area contributed by atoms with Gasteiger partial charge < -0.3 is 14.4 Å². The topological polar surface area (TPSA) is 42.0 Å². The van der Waals surface area contributed by atoms with E-state index < -0.39 is 0 Å². The minimum absolute atomic E-state index is 0.169. The van der Waals surface area contributed by atoms with E-state index in [0.29, 0.717) is 6.42 Å². The molecule has 2 aromatic carbocycles. The molecule has 27 heavy (non-hydrogen) atoms. The summed E-state index contributed by atoms with van der Waals surface area (Å²) in [6.45, 7) is 4.04. The molecule has 3 rings (SSSR count). The van der Waals surface area contributed by atoms with E-state index in [4.69, 9.17) is 9.47 Å². The van der Waals surface area contributed by atoms with E-state index >= 15 is 0 Å².